The Morgan fingerprint density at radius 2 is 2.21 bits per heavy atom. The van der Waals surface area contributed by atoms with Crippen molar-refractivity contribution in [2.24, 2.45) is 5.84 Å². The summed E-state index contributed by atoms with van der Waals surface area (Å²) >= 11 is 0.869. The van der Waals surface area contributed by atoms with Crippen molar-refractivity contribution in [2.45, 2.75) is 6.54 Å². The van der Waals surface area contributed by atoms with Crippen LogP contribution in [0.3, 0.4) is 0 Å². The highest BCUT2D eigenvalue weighted by molar-refractivity contribution is 8.14. The molecule has 1 aliphatic rings. The molecule has 6 nitrogen and oxygen atoms in total. The minimum absolute atomic E-state index is 0.0590. The number of thioether (sulfide) groups is 1. The summed E-state index contributed by atoms with van der Waals surface area (Å²) in [7, 11) is 0. The standard InChI is InChI=1S/C11H10FN3O3S/c12-8-2-1-6(10(17)14-13)3-7(8)4-15-9(16)5-19-11(15)18/h1-3H,4-5,13H2,(H,14,17). The molecule has 19 heavy (non-hydrogen) atoms. The molecule has 3 N–H and O–H groups in total. The molecule has 0 aromatic heterocycles. The lowest BCUT2D eigenvalue weighted by Gasteiger charge is -2.14. The zero-order valence-corrected chi connectivity index (χ0v) is 10.5. The van der Waals surface area contributed by atoms with Crippen LogP contribution in [0.4, 0.5) is 9.18 Å². The summed E-state index contributed by atoms with van der Waals surface area (Å²) in [6, 6.07) is 3.63. The van der Waals surface area contributed by atoms with Crippen LogP contribution in [-0.2, 0) is 11.3 Å². The third-order valence-corrected chi connectivity index (χ3v) is 3.47. The predicted molar refractivity (Wildman–Crippen MR) is 66.5 cm³/mol. The molecule has 1 fully saturated rings. The van der Waals surface area contributed by atoms with Crippen LogP contribution >= 0.6 is 11.8 Å². The van der Waals surface area contributed by atoms with Crippen molar-refractivity contribution in [1.29, 1.82) is 0 Å². The molecule has 0 atom stereocenters. The zero-order valence-electron chi connectivity index (χ0n) is 9.68. The second-order valence-electron chi connectivity index (χ2n) is 3.81. The van der Waals surface area contributed by atoms with Gasteiger partial charge >= 0.3 is 0 Å². The molecular formula is C11H10FN3O3S. The largest absolute Gasteiger partial charge is 0.290 e. The number of imide groups is 1. The molecule has 0 saturated carbocycles. The van der Waals surface area contributed by atoms with Crippen LogP contribution in [0.25, 0.3) is 0 Å². The normalized spacial score (nSPS) is 14.9. The van der Waals surface area contributed by atoms with Gasteiger partial charge in [-0.15, -0.1) is 0 Å². The predicted octanol–water partition coefficient (Wildman–Crippen LogP) is 0.625. The Hall–Kier alpha value is -1.93. The van der Waals surface area contributed by atoms with Gasteiger partial charge in [-0.25, -0.2) is 10.2 Å². The average molecular weight is 283 g/mol. The van der Waals surface area contributed by atoms with Gasteiger partial charge in [-0.3, -0.25) is 24.7 Å². The minimum atomic E-state index is -0.592. The van der Waals surface area contributed by atoms with Gasteiger partial charge in [0, 0.05) is 11.1 Å². The molecule has 0 spiro atoms. The summed E-state index contributed by atoms with van der Waals surface area (Å²) in [6.07, 6.45) is 0. The first-order valence-corrected chi connectivity index (χ1v) is 6.28. The maximum absolute atomic E-state index is 13.6. The number of carbonyl (C=O) groups excluding carboxylic acids is 3. The van der Waals surface area contributed by atoms with Crippen LogP contribution in [0.15, 0.2) is 18.2 Å². The van der Waals surface area contributed by atoms with E-state index in [2.05, 4.69) is 0 Å². The smallest absolute Gasteiger partial charge is 0.289 e. The Balaban J connectivity index is 2.26. The Bertz CT molecular complexity index is 548. The SMILES string of the molecule is NNC(=O)c1ccc(F)c(CN2C(=O)CSC2=O)c1. The molecule has 1 saturated heterocycles. The molecule has 3 amide bonds. The summed E-state index contributed by atoms with van der Waals surface area (Å²) in [5.41, 5.74) is 2.17. The average Bonchev–Trinajstić information content (AvgIpc) is 2.72. The van der Waals surface area contributed by atoms with Gasteiger partial charge in [0.15, 0.2) is 0 Å². The molecule has 100 valence electrons. The van der Waals surface area contributed by atoms with Crippen molar-refractivity contribution in [1.82, 2.24) is 10.3 Å². The number of hydrogen-bond donors (Lipinski definition) is 2. The molecule has 1 heterocycles. The van der Waals surface area contributed by atoms with E-state index < -0.39 is 17.0 Å². The van der Waals surface area contributed by atoms with E-state index >= 15 is 0 Å². The van der Waals surface area contributed by atoms with Crippen LogP contribution in [-0.4, -0.2) is 27.7 Å². The summed E-state index contributed by atoms with van der Waals surface area (Å²) < 4.78 is 13.6. The molecular weight excluding hydrogens is 273 g/mol. The quantitative estimate of drug-likeness (QED) is 0.482. The fraction of sp³-hybridized carbons (Fsp3) is 0.182. The number of benzene rings is 1. The number of halogens is 1. The van der Waals surface area contributed by atoms with Crippen molar-refractivity contribution in [3.63, 3.8) is 0 Å². The third-order valence-electron chi connectivity index (χ3n) is 2.61. The maximum Gasteiger partial charge on any atom is 0.289 e. The molecule has 1 aromatic carbocycles. The monoisotopic (exact) mass is 283 g/mol. The molecule has 0 radical (unpaired) electrons. The van der Waals surface area contributed by atoms with Crippen molar-refractivity contribution >= 4 is 28.8 Å². The highest BCUT2D eigenvalue weighted by atomic mass is 32.2. The Morgan fingerprint density at radius 1 is 1.47 bits per heavy atom. The second-order valence-corrected chi connectivity index (χ2v) is 4.74. The Morgan fingerprint density at radius 3 is 2.79 bits per heavy atom. The number of hydrogen-bond acceptors (Lipinski definition) is 5. The lowest BCUT2D eigenvalue weighted by molar-refractivity contribution is -0.125. The van der Waals surface area contributed by atoms with Crippen molar-refractivity contribution < 1.29 is 18.8 Å². The third kappa shape index (κ3) is 2.74. The van der Waals surface area contributed by atoms with Gasteiger partial charge in [-0.05, 0) is 18.2 Å². The summed E-state index contributed by atoms with van der Waals surface area (Å²) in [5, 5.41) is -0.418. The number of carbonyl (C=O) groups is 3. The first kappa shape index (κ1) is 13.5. The zero-order chi connectivity index (χ0) is 14.0. The van der Waals surface area contributed by atoms with E-state index in [-0.39, 0.29) is 29.3 Å². The van der Waals surface area contributed by atoms with E-state index in [1.165, 1.54) is 12.1 Å². The lowest BCUT2D eigenvalue weighted by atomic mass is 10.1. The second kappa shape index (κ2) is 5.37. The van der Waals surface area contributed by atoms with E-state index in [9.17, 15) is 18.8 Å². The van der Waals surface area contributed by atoms with Crippen molar-refractivity contribution in [2.75, 3.05) is 5.75 Å². The molecule has 0 aliphatic carbocycles. The van der Waals surface area contributed by atoms with Gasteiger partial charge in [0.25, 0.3) is 11.1 Å². The molecule has 8 heteroatoms. The maximum atomic E-state index is 13.6. The molecule has 2 rings (SSSR count). The number of hydrazine groups is 1. The molecule has 0 unspecified atom stereocenters. The fourth-order valence-corrected chi connectivity index (χ4v) is 2.35. The van der Waals surface area contributed by atoms with Crippen molar-refractivity contribution in [3.05, 3.63) is 35.1 Å². The van der Waals surface area contributed by atoms with Crippen LogP contribution in [0.1, 0.15) is 15.9 Å². The van der Waals surface area contributed by atoms with E-state index in [1.807, 2.05) is 5.43 Å². The Labute approximate surface area is 112 Å². The first-order valence-electron chi connectivity index (χ1n) is 5.29. The van der Waals surface area contributed by atoms with Gasteiger partial charge in [-0.1, -0.05) is 11.8 Å². The molecule has 1 aliphatic heterocycles. The number of amides is 3. The minimum Gasteiger partial charge on any atom is -0.290 e. The molecule has 0 bridgehead atoms. The van der Waals surface area contributed by atoms with Gasteiger partial charge in [-0.2, -0.15) is 0 Å². The van der Waals surface area contributed by atoms with E-state index in [4.69, 9.17) is 5.84 Å². The van der Waals surface area contributed by atoms with E-state index in [1.54, 1.807) is 0 Å². The van der Waals surface area contributed by atoms with E-state index in [0.717, 1.165) is 22.7 Å². The Kier molecular flexibility index (Phi) is 3.82. The van der Waals surface area contributed by atoms with E-state index in [0.29, 0.717) is 0 Å². The number of nitrogen functional groups attached to an aromatic ring is 1. The number of nitrogens with zero attached hydrogens (tertiary/aromatic N) is 1. The van der Waals surface area contributed by atoms with Gasteiger partial charge in [0.2, 0.25) is 5.91 Å². The summed E-state index contributed by atoms with van der Waals surface area (Å²) in [6.45, 7) is -0.192. The van der Waals surface area contributed by atoms with Crippen LogP contribution in [0, 0.1) is 5.82 Å². The van der Waals surface area contributed by atoms with Gasteiger partial charge in [0.05, 0.1) is 12.3 Å². The van der Waals surface area contributed by atoms with Crippen LogP contribution in [0.5, 0.6) is 0 Å². The van der Waals surface area contributed by atoms with Crippen LogP contribution < -0.4 is 11.3 Å². The van der Waals surface area contributed by atoms with Crippen LogP contribution in [0.2, 0.25) is 0 Å². The summed E-state index contributed by atoms with van der Waals surface area (Å²) in [5.74, 6) is 3.51. The summed E-state index contributed by atoms with van der Waals surface area (Å²) in [4.78, 5) is 35.1. The van der Waals surface area contributed by atoms with Crippen molar-refractivity contribution in [3.8, 4) is 0 Å². The topological polar surface area (TPSA) is 92.5 Å². The molecule has 1 aromatic rings. The highest BCUT2D eigenvalue weighted by Gasteiger charge is 2.30. The highest BCUT2D eigenvalue weighted by Crippen LogP contribution is 2.22. The lowest BCUT2D eigenvalue weighted by Crippen LogP contribution is -2.31. The first-order chi connectivity index (χ1) is 9.02. The number of nitrogens with one attached hydrogen (secondary N) is 1. The van der Waals surface area contributed by atoms with Gasteiger partial charge < -0.3 is 0 Å². The number of nitrogens with two attached hydrogens (primary N) is 1. The van der Waals surface area contributed by atoms with Gasteiger partial charge in [0.1, 0.15) is 5.82 Å². The number of rotatable bonds is 3. The fourth-order valence-electron chi connectivity index (χ4n) is 1.62.